The minimum absolute atomic E-state index is 0.260. The number of benzene rings is 1. The van der Waals surface area contributed by atoms with E-state index in [0.29, 0.717) is 26.9 Å². The van der Waals surface area contributed by atoms with E-state index in [-0.39, 0.29) is 17.9 Å². The number of cyclic esters (lactones) is 2. The smallest absolute Gasteiger partial charge is 0.348 e. The summed E-state index contributed by atoms with van der Waals surface area (Å²) in [5.74, 6) is -2.93. The zero-order valence-corrected chi connectivity index (χ0v) is 18.8. The lowest BCUT2D eigenvalue weighted by Gasteiger charge is -2.29. The van der Waals surface area contributed by atoms with Crippen molar-refractivity contribution in [2.45, 2.75) is 26.6 Å². The molecular formula is C18H18Br2O8. The number of methoxy groups -OCH3 is 1. The second-order valence-corrected chi connectivity index (χ2v) is 7.54. The molecule has 0 bridgehead atoms. The van der Waals surface area contributed by atoms with Crippen LogP contribution in [0, 0.1) is 0 Å². The molecule has 1 aliphatic heterocycles. The Morgan fingerprint density at radius 1 is 1.14 bits per heavy atom. The van der Waals surface area contributed by atoms with Crippen LogP contribution in [0.3, 0.4) is 0 Å². The van der Waals surface area contributed by atoms with Crippen molar-refractivity contribution in [2.24, 2.45) is 0 Å². The van der Waals surface area contributed by atoms with Gasteiger partial charge in [0.1, 0.15) is 5.57 Å². The van der Waals surface area contributed by atoms with Crippen LogP contribution in [-0.4, -0.2) is 44.0 Å². The van der Waals surface area contributed by atoms with Crippen molar-refractivity contribution in [1.82, 2.24) is 0 Å². The predicted octanol–water partition coefficient (Wildman–Crippen LogP) is 3.38. The normalized spacial score (nSPS) is 15.4. The molecule has 0 aliphatic carbocycles. The monoisotopic (exact) mass is 520 g/mol. The van der Waals surface area contributed by atoms with E-state index < -0.39 is 23.7 Å². The third-order valence-electron chi connectivity index (χ3n) is 3.43. The van der Waals surface area contributed by atoms with Crippen molar-refractivity contribution >= 4 is 55.8 Å². The van der Waals surface area contributed by atoms with Gasteiger partial charge < -0.3 is 23.7 Å². The summed E-state index contributed by atoms with van der Waals surface area (Å²) in [6.07, 6.45) is 1.32. The number of halogens is 2. The number of hydrogen-bond acceptors (Lipinski definition) is 8. The summed E-state index contributed by atoms with van der Waals surface area (Å²) >= 11 is 6.75. The number of ether oxygens (including phenoxy) is 5. The van der Waals surface area contributed by atoms with Crippen LogP contribution in [0.15, 0.2) is 20.6 Å². The molecule has 0 radical (unpaired) electrons. The molecular weight excluding hydrogens is 504 g/mol. The van der Waals surface area contributed by atoms with E-state index in [1.165, 1.54) is 27.0 Å². The molecule has 10 heteroatoms. The highest BCUT2D eigenvalue weighted by atomic mass is 79.9. The first-order valence-electron chi connectivity index (χ1n) is 8.12. The van der Waals surface area contributed by atoms with Crippen molar-refractivity contribution in [3.05, 3.63) is 26.1 Å². The van der Waals surface area contributed by atoms with Gasteiger partial charge in [-0.3, -0.25) is 0 Å². The zero-order valence-electron chi connectivity index (χ0n) is 15.6. The van der Waals surface area contributed by atoms with Crippen LogP contribution < -0.4 is 9.47 Å². The Kier molecular flexibility index (Phi) is 7.11. The Hall–Kier alpha value is -2.07. The average molecular weight is 522 g/mol. The first-order valence-corrected chi connectivity index (χ1v) is 9.71. The van der Waals surface area contributed by atoms with Gasteiger partial charge in [0.05, 0.1) is 18.2 Å². The Morgan fingerprint density at radius 3 is 2.29 bits per heavy atom. The van der Waals surface area contributed by atoms with Crippen molar-refractivity contribution in [3.8, 4) is 11.5 Å². The summed E-state index contributed by atoms with van der Waals surface area (Å²) < 4.78 is 26.7. The van der Waals surface area contributed by atoms with Crippen LogP contribution in [0.1, 0.15) is 26.3 Å². The van der Waals surface area contributed by atoms with Crippen LogP contribution >= 0.6 is 31.9 Å². The second kappa shape index (κ2) is 8.95. The first kappa shape index (κ1) is 22.2. The van der Waals surface area contributed by atoms with E-state index in [4.69, 9.17) is 18.9 Å². The lowest BCUT2D eigenvalue weighted by Crippen LogP contribution is -2.41. The quantitative estimate of drug-likeness (QED) is 0.319. The van der Waals surface area contributed by atoms with Crippen LogP contribution in [0.25, 0.3) is 6.08 Å². The molecule has 8 nitrogen and oxygen atoms in total. The molecule has 1 aliphatic rings. The minimum atomic E-state index is -1.33. The number of esters is 3. The molecule has 1 heterocycles. The maximum Gasteiger partial charge on any atom is 0.348 e. The summed E-state index contributed by atoms with van der Waals surface area (Å²) in [7, 11) is 1.25. The fraction of sp³-hybridized carbons (Fsp3) is 0.389. The van der Waals surface area contributed by atoms with Crippen LogP contribution in [0.2, 0.25) is 0 Å². The highest BCUT2D eigenvalue weighted by Crippen LogP contribution is 2.44. The van der Waals surface area contributed by atoms with Crippen LogP contribution in [-0.2, 0) is 28.6 Å². The summed E-state index contributed by atoms with van der Waals surface area (Å²) in [6, 6.07) is 1.55. The van der Waals surface area contributed by atoms with Gasteiger partial charge in [0.15, 0.2) is 18.1 Å². The van der Waals surface area contributed by atoms with Crippen molar-refractivity contribution in [1.29, 1.82) is 0 Å². The molecule has 1 aromatic rings. The van der Waals surface area contributed by atoms with Crippen molar-refractivity contribution in [3.63, 3.8) is 0 Å². The Bertz CT molecular complexity index is 822. The summed E-state index contributed by atoms with van der Waals surface area (Å²) in [5, 5.41) is 0. The molecule has 0 N–H and O–H groups in total. The first-order chi connectivity index (χ1) is 13.1. The average Bonchev–Trinajstić information content (AvgIpc) is 2.60. The Balaban J connectivity index is 2.47. The highest BCUT2D eigenvalue weighted by molar-refractivity contribution is 9.13. The van der Waals surface area contributed by atoms with Gasteiger partial charge in [0.25, 0.3) is 5.79 Å². The van der Waals surface area contributed by atoms with E-state index in [9.17, 15) is 14.4 Å². The fourth-order valence-corrected chi connectivity index (χ4v) is 3.18. The Morgan fingerprint density at radius 2 is 1.75 bits per heavy atom. The van der Waals surface area contributed by atoms with Gasteiger partial charge in [-0.15, -0.1) is 0 Å². The third-order valence-corrected chi connectivity index (χ3v) is 5.58. The molecule has 0 atom stereocenters. The minimum Gasteiger partial charge on any atom is -0.490 e. The molecule has 152 valence electrons. The van der Waals surface area contributed by atoms with E-state index in [1.54, 1.807) is 13.0 Å². The third kappa shape index (κ3) is 5.05. The van der Waals surface area contributed by atoms with Crippen LogP contribution in [0.4, 0.5) is 0 Å². The number of carbonyl (C=O) groups is 3. The zero-order chi connectivity index (χ0) is 21.1. The maximum atomic E-state index is 12.2. The van der Waals surface area contributed by atoms with Crippen molar-refractivity contribution in [2.75, 3.05) is 20.3 Å². The number of rotatable bonds is 6. The summed E-state index contributed by atoms with van der Waals surface area (Å²) in [5.41, 5.74) is 0.168. The van der Waals surface area contributed by atoms with Gasteiger partial charge in [0.2, 0.25) is 0 Å². The molecule has 0 unspecified atom stereocenters. The maximum absolute atomic E-state index is 12.2. The second-order valence-electron chi connectivity index (χ2n) is 5.96. The summed E-state index contributed by atoms with van der Waals surface area (Å²) in [6.45, 7) is 4.70. The molecule has 0 saturated carbocycles. The van der Waals surface area contributed by atoms with E-state index in [0.717, 1.165) is 0 Å². The molecule has 0 aromatic heterocycles. The molecule has 0 amide bonds. The van der Waals surface area contributed by atoms with Gasteiger partial charge in [0, 0.05) is 18.3 Å². The van der Waals surface area contributed by atoms with Gasteiger partial charge in [-0.1, -0.05) is 0 Å². The molecule has 1 fully saturated rings. The number of hydrogen-bond donors (Lipinski definition) is 0. The van der Waals surface area contributed by atoms with Gasteiger partial charge in [-0.2, -0.15) is 0 Å². The molecule has 1 aromatic carbocycles. The highest BCUT2D eigenvalue weighted by Gasteiger charge is 2.39. The predicted molar refractivity (Wildman–Crippen MR) is 105 cm³/mol. The van der Waals surface area contributed by atoms with Gasteiger partial charge in [-0.05, 0) is 56.5 Å². The van der Waals surface area contributed by atoms with Crippen LogP contribution in [0.5, 0.6) is 11.5 Å². The standard InChI is InChI=1S/C18H18Br2O8/c1-5-25-11-7-9(6-10-16(22)27-18(2,3)28-17(10)23)13(19)14(20)15(11)26-8-12(21)24-4/h6-7H,5,8H2,1-4H3. The molecule has 2 rings (SSSR count). The van der Waals surface area contributed by atoms with Gasteiger partial charge in [-0.25, -0.2) is 14.4 Å². The lowest BCUT2D eigenvalue weighted by atomic mass is 10.1. The van der Waals surface area contributed by atoms with E-state index >= 15 is 0 Å². The fourth-order valence-electron chi connectivity index (χ4n) is 2.23. The topological polar surface area (TPSA) is 97.4 Å². The largest absolute Gasteiger partial charge is 0.490 e. The Labute approximate surface area is 178 Å². The molecule has 28 heavy (non-hydrogen) atoms. The van der Waals surface area contributed by atoms with Crippen molar-refractivity contribution < 1.29 is 38.1 Å². The number of carbonyl (C=O) groups excluding carboxylic acids is 3. The van der Waals surface area contributed by atoms with E-state index in [1.807, 2.05) is 0 Å². The molecule has 1 saturated heterocycles. The van der Waals surface area contributed by atoms with Gasteiger partial charge >= 0.3 is 17.9 Å². The van der Waals surface area contributed by atoms with E-state index in [2.05, 4.69) is 36.6 Å². The SMILES string of the molecule is CCOc1cc(C=C2C(=O)OC(C)(C)OC2=O)c(Br)c(Br)c1OCC(=O)OC. The lowest BCUT2D eigenvalue weighted by molar-refractivity contribution is -0.222. The summed E-state index contributed by atoms with van der Waals surface area (Å²) in [4.78, 5) is 35.7. The molecule has 0 spiro atoms.